The SMILES string of the molecule is CCC(C)n1nc(N2CCCC(O)C2)c(S(C)(=O)=O)c1N. The molecule has 0 saturated carbocycles. The number of sulfone groups is 1. The number of anilines is 2. The quantitative estimate of drug-likeness (QED) is 0.852. The van der Waals surface area contributed by atoms with E-state index in [0.717, 1.165) is 25.5 Å². The summed E-state index contributed by atoms with van der Waals surface area (Å²) in [7, 11) is -3.48. The van der Waals surface area contributed by atoms with Crippen molar-refractivity contribution < 1.29 is 13.5 Å². The molecule has 1 aromatic heterocycles. The zero-order chi connectivity index (χ0) is 15.8. The number of aliphatic hydroxyl groups is 1. The van der Waals surface area contributed by atoms with Gasteiger partial charge in [0.2, 0.25) is 0 Å². The molecule has 7 nitrogen and oxygen atoms in total. The van der Waals surface area contributed by atoms with Gasteiger partial charge in [0.1, 0.15) is 5.82 Å². The Balaban J connectivity index is 2.53. The van der Waals surface area contributed by atoms with E-state index in [2.05, 4.69) is 5.10 Å². The highest BCUT2D eigenvalue weighted by molar-refractivity contribution is 7.91. The minimum atomic E-state index is -3.48. The first-order valence-corrected chi connectivity index (χ1v) is 9.15. The third-order valence-corrected chi connectivity index (χ3v) is 5.09. The second-order valence-electron chi connectivity index (χ2n) is 5.75. The van der Waals surface area contributed by atoms with Gasteiger partial charge in [0, 0.05) is 19.3 Å². The normalized spacial score (nSPS) is 21.5. The maximum Gasteiger partial charge on any atom is 0.182 e. The molecule has 1 aromatic rings. The molecule has 8 heteroatoms. The standard InChI is InChI=1S/C13H24N4O3S/c1-4-9(2)17-12(14)11(21(3,19)20)13(15-17)16-7-5-6-10(18)8-16/h9-10,18H,4-8,14H2,1-3H3. The topological polar surface area (TPSA) is 101 Å². The molecule has 0 aliphatic carbocycles. The van der Waals surface area contributed by atoms with Crippen LogP contribution in [-0.4, -0.2) is 48.8 Å². The van der Waals surface area contributed by atoms with Crippen LogP contribution in [0, 0.1) is 0 Å². The van der Waals surface area contributed by atoms with Crippen LogP contribution in [-0.2, 0) is 9.84 Å². The summed E-state index contributed by atoms with van der Waals surface area (Å²) in [5.74, 6) is 0.552. The molecule has 2 unspecified atom stereocenters. The Morgan fingerprint density at radius 1 is 1.52 bits per heavy atom. The third kappa shape index (κ3) is 3.16. The molecule has 0 radical (unpaired) electrons. The monoisotopic (exact) mass is 316 g/mol. The van der Waals surface area contributed by atoms with Crippen LogP contribution in [0.4, 0.5) is 11.6 Å². The Morgan fingerprint density at radius 3 is 2.71 bits per heavy atom. The fraction of sp³-hybridized carbons (Fsp3) is 0.769. The van der Waals surface area contributed by atoms with Crippen molar-refractivity contribution in [3.8, 4) is 0 Å². The van der Waals surface area contributed by atoms with E-state index in [-0.39, 0.29) is 16.8 Å². The first-order valence-electron chi connectivity index (χ1n) is 7.26. The average molecular weight is 316 g/mol. The summed E-state index contributed by atoms with van der Waals surface area (Å²) in [5, 5.41) is 14.2. The van der Waals surface area contributed by atoms with E-state index in [0.29, 0.717) is 18.9 Å². The van der Waals surface area contributed by atoms with Crippen molar-refractivity contribution in [3.63, 3.8) is 0 Å². The van der Waals surface area contributed by atoms with Crippen LogP contribution in [0.5, 0.6) is 0 Å². The lowest BCUT2D eigenvalue weighted by molar-refractivity contribution is 0.153. The first kappa shape index (κ1) is 16.1. The van der Waals surface area contributed by atoms with Crippen LogP contribution >= 0.6 is 0 Å². The molecule has 0 amide bonds. The lowest BCUT2D eigenvalue weighted by Gasteiger charge is -2.30. The van der Waals surface area contributed by atoms with E-state index >= 15 is 0 Å². The summed E-state index contributed by atoms with van der Waals surface area (Å²) < 4.78 is 25.8. The van der Waals surface area contributed by atoms with Crippen molar-refractivity contribution in [1.29, 1.82) is 0 Å². The van der Waals surface area contributed by atoms with Crippen molar-refractivity contribution in [3.05, 3.63) is 0 Å². The lowest BCUT2D eigenvalue weighted by Crippen LogP contribution is -2.39. The summed E-state index contributed by atoms with van der Waals surface area (Å²) in [6.07, 6.45) is 3.02. The highest BCUT2D eigenvalue weighted by atomic mass is 32.2. The molecule has 21 heavy (non-hydrogen) atoms. The second kappa shape index (κ2) is 5.84. The molecular weight excluding hydrogens is 292 g/mol. The van der Waals surface area contributed by atoms with Gasteiger partial charge in [0.05, 0.1) is 12.1 Å². The zero-order valence-electron chi connectivity index (χ0n) is 12.8. The van der Waals surface area contributed by atoms with Crippen LogP contribution < -0.4 is 10.6 Å². The minimum absolute atomic E-state index is 0.0222. The van der Waals surface area contributed by atoms with Gasteiger partial charge in [-0.2, -0.15) is 5.10 Å². The predicted molar refractivity (Wildman–Crippen MR) is 82.2 cm³/mol. The third-order valence-electron chi connectivity index (χ3n) is 3.96. The number of β-amino-alcohol motifs (C(OH)–C–C–N with tert-alkyl or cyclic N) is 1. The van der Waals surface area contributed by atoms with E-state index < -0.39 is 15.9 Å². The average Bonchev–Trinajstić information content (AvgIpc) is 2.75. The van der Waals surface area contributed by atoms with Crippen molar-refractivity contribution in [2.24, 2.45) is 0 Å². The van der Waals surface area contributed by atoms with Crippen LogP contribution in [0.3, 0.4) is 0 Å². The number of aliphatic hydroxyl groups excluding tert-OH is 1. The smallest absolute Gasteiger partial charge is 0.182 e. The predicted octanol–water partition coefficient (Wildman–Crippen LogP) is 0.801. The summed E-state index contributed by atoms with van der Waals surface area (Å²) in [4.78, 5) is 1.90. The minimum Gasteiger partial charge on any atom is -0.391 e. The Morgan fingerprint density at radius 2 is 2.19 bits per heavy atom. The number of rotatable bonds is 4. The zero-order valence-corrected chi connectivity index (χ0v) is 13.6. The van der Waals surface area contributed by atoms with Gasteiger partial charge in [0.25, 0.3) is 0 Å². The Labute approximate surface area is 125 Å². The van der Waals surface area contributed by atoms with E-state index in [1.54, 1.807) is 4.68 Å². The molecule has 2 rings (SSSR count). The Hall–Kier alpha value is -1.28. The number of hydrogen-bond acceptors (Lipinski definition) is 6. The molecule has 0 spiro atoms. The van der Waals surface area contributed by atoms with E-state index in [4.69, 9.17) is 5.73 Å². The van der Waals surface area contributed by atoms with E-state index in [1.165, 1.54) is 0 Å². The molecule has 120 valence electrons. The molecule has 1 saturated heterocycles. The maximum absolute atomic E-state index is 12.1. The highest BCUT2D eigenvalue weighted by Gasteiger charge is 2.31. The van der Waals surface area contributed by atoms with Gasteiger partial charge in [-0.05, 0) is 26.2 Å². The van der Waals surface area contributed by atoms with Gasteiger partial charge >= 0.3 is 0 Å². The summed E-state index contributed by atoms with van der Waals surface area (Å²) >= 11 is 0. The van der Waals surface area contributed by atoms with Crippen molar-refractivity contribution in [2.75, 3.05) is 30.0 Å². The van der Waals surface area contributed by atoms with Crippen molar-refractivity contribution in [1.82, 2.24) is 9.78 Å². The molecule has 1 aliphatic rings. The van der Waals surface area contributed by atoms with Crippen molar-refractivity contribution in [2.45, 2.75) is 50.2 Å². The highest BCUT2D eigenvalue weighted by Crippen LogP contribution is 2.33. The number of aromatic nitrogens is 2. The molecule has 1 fully saturated rings. The van der Waals surface area contributed by atoms with Crippen LogP contribution in [0.25, 0.3) is 0 Å². The van der Waals surface area contributed by atoms with Crippen molar-refractivity contribution >= 4 is 21.5 Å². The number of nitrogens with two attached hydrogens (primary N) is 1. The fourth-order valence-electron chi connectivity index (χ4n) is 2.64. The summed E-state index contributed by atoms with van der Waals surface area (Å²) in [6, 6.07) is 0.0222. The molecular formula is C13H24N4O3S. The van der Waals surface area contributed by atoms with Gasteiger partial charge in [-0.15, -0.1) is 0 Å². The maximum atomic E-state index is 12.1. The molecule has 1 aliphatic heterocycles. The lowest BCUT2D eigenvalue weighted by atomic mass is 10.1. The largest absolute Gasteiger partial charge is 0.391 e. The first-order chi connectivity index (χ1) is 9.75. The number of piperidine rings is 1. The van der Waals surface area contributed by atoms with E-state index in [1.807, 2.05) is 18.7 Å². The van der Waals surface area contributed by atoms with Gasteiger partial charge in [-0.3, -0.25) is 0 Å². The van der Waals surface area contributed by atoms with Crippen LogP contribution in [0.15, 0.2) is 4.90 Å². The van der Waals surface area contributed by atoms with Gasteiger partial charge in [-0.25, -0.2) is 13.1 Å². The molecule has 0 aromatic carbocycles. The molecule has 2 atom stereocenters. The molecule has 2 heterocycles. The van der Waals surface area contributed by atoms with Gasteiger partial charge in [0.15, 0.2) is 20.6 Å². The fourth-order valence-corrected chi connectivity index (χ4v) is 3.61. The van der Waals surface area contributed by atoms with Crippen LogP contribution in [0.2, 0.25) is 0 Å². The second-order valence-corrected chi connectivity index (χ2v) is 7.71. The number of nitrogens with zero attached hydrogens (tertiary/aromatic N) is 3. The van der Waals surface area contributed by atoms with Gasteiger partial charge in [-0.1, -0.05) is 6.92 Å². The summed E-state index contributed by atoms with van der Waals surface area (Å²) in [6.45, 7) is 5.01. The Bertz CT molecular complexity index is 611. The van der Waals surface area contributed by atoms with Crippen LogP contribution in [0.1, 0.15) is 39.2 Å². The number of nitrogen functional groups attached to an aromatic ring is 1. The van der Waals surface area contributed by atoms with E-state index in [9.17, 15) is 13.5 Å². The molecule has 3 N–H and O–H groups in total. The molecule has 0 bridgehead atoms. The summed E-state index contributed by atoms with van der Waals surface area (Å²) in [5.41, 5.74) is 6.04. The van der Waals surface area contributed by atoms with Gasteiger partial charge < -0.3 is 15.7 Å². The Kier molecular flexibility index (Phi) is 4.48. The number of hydrogen-bond donors (Lipinski definition) is 2.